The second kappa shape index (κ2) is 7.38. The lowest BCUT2D eigenvalue weighted by Crippen LogP contribution is -2.11. The Kier molecular flexibility index (Phi) is 5.62. The number of nitrogens with zero attached hydrogens (tertiary/aromatic N) is 1. The third kappa shape index (κ3) is 4.99. The molecule has 0 aliphatic heterocycles. The summed E-state index contributed by atoms with van der Waals surface area (Å²) in [4.78, 5) is 10.1. The number of benzene rings is 2. The van der Waals surface area contributed by atoms with Crippen molar-refractivity contribution in [2.45, 2.75) is 6.18 Å². The maximum absolute atomic E-state index is 12.5. The van der Waals surface area contributed by atoms with Crippen molar-refractivity contribution < 1.29 is 35.4 Å². The molecule has 0 aliphatic carbocycles. The highest BCUT2D eigenvalue weighted by atomic mass is 35.5. The van der Waals surface area contributed by atoms with Gasteiger partial charge in [0.15, 0.2) is 5.21 Å². The summed E-state index contributed by atoms with van der Waals surface area (Å²) in [5, 5.41) is 10.0. The Hall–Kier alpha value is -2.53. The summed E-state index contributed by atoms with van der Waals surface area (Å²) in [7, 11) is -4.26. The molecule has 12 heteroatoms. The van der Waals surface area contributed by atoms with Crippen LogP contribution in [0.4, 0.5) is 18.9 Å². The van der Waals surface area contributed by atoms with Crippen LogP contribution < -0.4 is 8.92 Å². The Morgan fingerprint density at radius 2 is 1.65 bits per heavy atom. The minimum absolute atomic E-state index is 0.00185. The third-order valence-corrected chi connectivity index (χ3v) is 4.40. The van der Waals surface area contributed by atoms with Crippen LogP contribution in [0, 0.1) is 10.1 Å². The van der Waals surface area contributed by atoms with E-state index in [-0.39, 0.29) is 11.5 Å². The molecule has 0 amide bonds. The molecule has 0 atom stereocenters. The predicted molar refractivity (Wildman–Crippen MR) is 84.9 cm³/mol. The van der Waals surface area contributed by atoms with E-state index in [9.17, 15) is 31.7 Å². The monoisotopic (exact) mass is 411 g/mol. The van der Waals surface area contributed by atoms with Crippen LogP contribution in [0.5, 0.6) is 17.2 Å². The van der Waals surface area contributed by atoms with Crippen LogP contribution in [-0.2, 0) is 16.3 Å². The third-order valence-electron chi connectivity index (χ3n) is 2.90. The molecular weight excluding hydrogens is 403 g/mol. The summed E-state index contributed by atoms with van der Waals surface area (Å²) in [6.07, 6.45) is -4.51. The maximum Gasteiger partial charge on any atom is 0.416 e. The molecule has 140 valence electrons. The van der Waals surface area contributed by atoms with Crippen molar-refractivity contribution in [3.63, 3.8) is 0 Å². The molecule has 0 radical (unpaired) electrons. The van der Waals surface area contributed by atoms with E-state index >= 15 is 0 Å². The lowest BCUT2D eigenvalue weighted by Gasteiger charge is -2.10. The molecule has 0 saturated carbocycles. The molecule has 0 fully saturated rings. The molecule has 0 spiro atoms. The second-order valence-electron chi connectivity index (χ2n) is 4.76. The molecule has 7 nitrogen and oxygen atoms in total. The predicted octanol–water partition coefficient (Wildman–Crippen LogP) is 4.31. The Balaban J connectivity index is 2.31. The van der Waals surface area contributed by atoms with Crippen molar-refractivity contribution in [3.8, 4) is 17.2 Å². The van der Waals surface area contributed by atoms with E-state index in [0.717, 1.165) is 42.5 Å². The van der Waals surface area contributed by atoms with Gasteiger partial charge in [-0.3, -0.25) is 10.1 Å². The van der Waals surface area contributed by atoms with Gasteiger partial charge in [-0.15, -0.1) is 11.6 Å². The molecular formula is C14H9ClF3NO6S. The van der Waals surface area contributed by atoms with Gasteiger partial charge in [0.2, 0.25) is 5.75 Å². The first-order valence-corrected chi connectivity index (χ1v) is 8.75. The highest BCUT2D eigenvalue weighted by Gasteiger charge is 2.30. The zero-order valence-corrected chi connectivity index (χ0v) is 14.1. The fourth-order valence-electron chi connectivity index (χ4n) is 1.78. The van der Waals surface area contributed by atoms with Gasteiger partial charge < -0.3 is 8.92 Å². The lowest BCUT2D eigenvalue weighted by atomic mass is 10.2. The van der Waals surface area contributed by atoms with Crippen LogP contribution in [0.2, 0.25) is 0 Å². The molecule has 2 rings (SSSR count). The number of halogens is 4. The Morgan fingerprint density at radius 3 is 2.15 bits per heavy atom. The second-order valence-corrected chi connectivity index (χ2v) is 6.92. The minimum Gasteiger partial charge on any atom is -0.457 e. The van der Waals surface area contributed by atoms with Crippen LogP contribution >= 0.6 is 11.6 Å². The van der Waals surface area contributed by atoms with E-state index in [0.29, 0.717) is 0 Å². The van der Waals surface area contributed by atoms with Crippen molar-refractivity contribution in [2.75, 3.05) is 5.21 Å². The molecule has 0 bridgehead atoms. The van der Waals surface area contributed by atoms with Crippen molar-refractivity contribution in [1.29, 1.82) is 0 Å². The molecule has 0 aromatic heterocycles. The number of nitro groups is 1. The molecule has 0 aliphatic rings. The standard InChI is InChI=1S/C14H9ClF3NO6S/c15-8-26(22,23)25-13-7-11(5-6-12(13)19(20)21)24-10-3-1-9(2-4-10)14(16,17)18/h1-7H,8H2. The minimum atomic E-state index is -4.51. The van der Waals surface area contributed by atoms with E-state index < -0.39 is 43.4 Å². The highest BCUT2D eigenvalue weighted by Crippen LogP contribution is 2.35. The summed E-state index contributed by atoms with van der Waals surface area (Å²) < 4.78 is 70.2. The SMILES string of the molecule is O=[N+]([O-])c1ccc(Oc2ccc(C(F)(F)F)cc2)cc1OS(=O)(=O)CCl. The average Bonchev–Trinajstić information content (AvgIpc) is 2.54. The maximum atomic E-state index is 12.5. The largest absolute Gasteiger partial charge is 0.457 e. The smallest absolute Gasteiger partial charge is 0.416 e. The van der Waals surface area contributed by atoms with E-state index in [1.54, 1.807) is 0 Å². The van der Waals surface area contributed by atoms with Gasteiger partial charge in [-0.1, -0.05) is 0 Å². The first kappa shape index (κ1) is 19.8. The zero-order chi connectivity index (χ0) is 19.5. The Bertz CT molecular complexity index is 915. The molecule has 26 heavy (non-hydrogen) atoms. The van der Waals surface area contributed by atoms with Gasteiger partial charge in [0.05, 0.1) is 10.5 Å². The van der Waals surface area contributed by atoms with Crippen LogP contribution in [0.25, 0.3) is 0 Å². The summed E-state index contributed by atoms with van der Waals surface area (Å²) in [5.41, 5.74) is -1.54. The average molecular weight is 412 g/mol. The van der Waals surface area contributed by atoms with E-state index in [4.69, 9.17) is 16.3 Å². The summed E-state index contributed by atoms with van der Waals surface area (Å²) in [5.74, 6) is -0.729. The van der Waals surface area contributed by atoms with Crippen LogP contribution in [0.15, 0.2) is 42.5 Å². The van der Waals surface area contributed by atoms with Crippen molar-refractivity contribution in [1.82, 2.24) is 0 Å². The van der Waals surface area contributed by atoms with Gasteiger partial charge in [-0.25, -0.2) is 0 Å². The number of alkyl halides is 4. The van der Waals surface area contributed by atoms with Crippen molar-refractivity contribution >= 4 is 27.4 Å². The van der Waals surface area contributed by atoms with E-state index in [1.165, 1.54) is 0 Å². The summed E-state index contributed by atoms with van der Waals surface area (Å²) in [6.45, 7) is 0. The molecule has 0 saturated heterocycles. The number of nitro benzene ring substituents is 1. The quantitative estimate of drug-likeness (QED) is 0.304. The van der Waals surface area contributed by atoms with Gasteiger partial charge in [0.25, 0.3) is 0 Å². The first-order chi connectivity index (χ1) is 12.0. The number of ether oxygens (including phenoxy) is 1. The van der Waals surface area contributed by atoms with Crippen LogP contribution in [-0.4, -0.2) is 18.6 Å². The molecule has 0 unspecified atom stereocenters. The fraction of sp³-hybridized carbons (Fsp3) is 0.143. The fourth-order valence-corrected chi connectivity index (χ4v) is 2.37. The van der Waals surface area contributed by atoms with Gasteiger partial charge in [0.1, 0.15) is 11.5 Å². The van der Waals surface area contributed by atoms with E-state index in [1.807, 2.05) is 0 Å². The number of hydrogen-bond acceptors (Lipinski definition) is 6. The van der Waals surface area contributed by atoms with Gasteiger partial charge in [0, 0.05) is 12.1 Å². The molecule has 0 N–H and O–H groups in total. The van der Waals surface area contributed by atoms with Crippen molar-refractivity contribution in [3.05, 3.63) is 58.1 Å². The number of rotatable bonds is 6. The zero-order valence-electron chi connectivity index (χ0n) is 12.6. The molecule has 2 aromatic carbocycles. The Morgan fingerprint density at radius 1 is 1.08 bits per heavy atom. The Labute approximate surface area is 150 Å². The summed E-state index contributed by atoms with van der Waals surface area (Å²) in [6, 6.07) is 6.64. The van der Waals surface area contributed by atoms with E-state index in [2.05, 4.69) is 4.18 Å². The van der Waals surface area contributed by atoms with Gasteiger partial charge in [-0.05, 0) is 30.3 Å². The van der Waals surface area contributed by atoms with Gasteiger partial charge >= 0.3 is 22.0 Å². The molecule has 2 aromatic rings. The highest BCUT2D eigenvalue weighted by molar-refractivity contribution is 7.88. The normalized spacial score (nSPS) is 11.8. The number of hydrogen-bond donors (Lipinski definition) is 0. The topological polar surface area (TPSA) is 95.7 Å². The van der Waals surface area contributed by atoms with Gasteiger partial charge in [-0.2, -0.15) is 21.6 Å². The van der Waals surface area contributed by atoms with Crippen LogP contribution in [0.3, 0.4) is 0 Å². The van der Waals surface area contributed by atoms with Crippen molar-refractivity contribution in [2.24, 2.45) is 0 Å². The molecule has 0 heterocycles. The lowest BCUT2D eigenvalue weighted by molar-refractivity contribution is -0.385. The van der Waals surface area contributed by atoms with Crippen LogP contribution in [0.1, 0.15) is 5.56 Å². The first-order valence-electron chi connectivity index (χ1n) is 6.63. The summed E-state index contributed by atoms with van der Waals surface area (Å²) >= 11 is 5.19.